The van der Waals surface area contributed by atoms with Crippen LogP contribution in [0.25, 0.3) is 10.9 Å². The van der Waals surface area contributed by atoms with Crippen molar-refractivity contribution in [3.8, 4) is 0 Å². The zero-order chi connectivity index (χ0) is 14.9. The number of aromatic nitrogens is 1. The molecule has 2 rings (SSSR count). The van der Waals surface area contributed by atoms with E-state index in [0.717, 1.165) is 42.9 Å². The maximum atomic E-state index is 5.81. The topological polar surface area (TPSA) is 34.1 Å². The molecule has 0 aliphatic carbocycles. The third-order valence-electron chi connectivity index (χ3n) is 3.50. The second-order valence-corrected chi connectivity index (χ2v) is 5.38. The van der Waals surface area contributed by atoms with E-state index in [0.29, 0.717) is 6.61 Å². The molecule has 0 aliphatic heterocycles. The summed E-state index contributed by atoms with van der Waals surface area (Å²) in [5.41, 5.74) is 2.18. The van der Waals surface area contributed by atoms with Crippen LogP contribution in [-0.2, 0) is 11.3 Å². The van der Waals surface area contributed by atoms with E-state index >= 15 is 0 Å². The second-order valence-electron chi connectivity index (χ2n) is 5.38. The fraction of sp³-hybridized carbons (Fsp3) is 0.500. The number of anilines is 1. The molecule has 1 aromatic heterocycles. The summed E-state index contributed by atoms with van der Waals surface area (Å²) in [5, 5.41) is 4.59. The van der Waals surface area contributed by atoms with Gasteiger partial charge in [0.1, 0.15) is 5.82 Å². The van der Waals surface area contributed by atoms with Crippen LogP contribution in [-0.4, -0.2) is 18.1 Å². The van der Waals surface area contributed by atoms with E-state index in [-0.39, 0.29) is 0 Å². The summed E-state index contributed by atoms with van der Waals surface area (Å²) < 4.78 is 5.81. The molecule has 1 N–H and O–H groups in total. The molecule has 0 spiro atoms. The highest BCUT2D eigenvalue weighted by Gasteiger charge is 2.06. The summed E-state index contributed by atoms with van der Waals surface area (Å²) in [4.78, 5) is 4.74. The summed E-state index contributed by atoms with van der Waals surface area (Å²) in [5.74, 6) is 0.964. The minimum Gasteiger partial charge on any atom is -0.377 e. The van der Waals surface area contributed by atoms with Gasteiger partial charge in [-0.2, -0.15) is 0 Å². The number of benzene rings is 1. The molecule has 0 fully saturated rings. The molecule has 0 unspecified atom stereocenters. The summed E-state index contributed by atoms with van der Waals surface area (Å²) in [6.07, 6.45) is 4.68. The smallest absolute Gasteiger partial charge is 0.132 e. The molecular weight excluding hydrogens is 260 g/mol. The number of nitrogens with one attached hydrogen (secondary N) is 1. The Morgan fingerprint density at radius 3 is 2.76 bits per heavy atom. The molecule has 0 saturated heterocycles. The maximum Gasteiger partial charge on any atom is 0.132 e. The fourth-order valence-corrected chi connectivity index (χ4v) is 2.30. The number of unbranched alkanes of at least 4 members (excludes halogenated alkanes) is 2. The van der Waals surface area contributed by atoms with Gasteiger partial charge >= 0.3 is 0 Å². The second kappa shape index (κ2) is 8.63. The number of pyridine rings is 1. The third-order valence-corrected chi connectivity index (χ3v) is 3.50. The molecule has 0 aliphatic rings. The van der Waals surface area contributed by atoms with Crippen LogP contribution in [0.1, 0.15) is 45.1 Å². The van der Waals surface area contributed by atoms with Gasteiger partial charge in [0.25, 0.3) is 0 Å². The van der Waals surface area contributed by atoms with E-state index in [2.05, 4.69) is 43.4 Å². The van der Waals surface area contributed by atoms with Crippen LogP contribution in [0.3, 0.4) is 0 Å². The SMILES string of the molecule is CCCCCOCc1cc2ccccc2nc1NCCC. The molecule has 0 radical (unpaired) electrons. The normalized spacial score (nSPS) is 11.0. The number of nitrogens with zero attached hydrogens (tertiary/aromatic N) is 1. The highest BCUT2D eigenvalue weighted by atomic mass is 16.5. The van der Waals surface area contributed by atoms with E-state index < -0.39 is 0 Å². The van der Waals surface area contributed by atoms with Gasteiger partial charge in [-0.1, -0.05) is 44.9 Å². The Bertz CT molecular complexity index is 554. The Morgan fingerprint density at radius 1 is 1.10 bits per heavy atom. The van der Waals surface area contributed by atoms with E-state index in [1.54, 1.807) is 0 Å². The lowest BCUT2D eigenvalue weighted by molar-refractivity contribution is 0.117. The minimum absolute atomic E-state index is 0.633. The van der Waals surface area contributed by atoms with Gasteiger partial charge in [-0.3, -0.25) is 0 Å². The van der Waals surface area contributed by atoms with Gasteiger partial charge in [0.2, 0.25) is 0 Å². The van der Waals surface area contributed by atoms with E-state index in [9.17, 15) is 0 Å². The fourth-order valence-electron chi connectivity index (χ4n) is 2.30. The van der Waals surface area contributed by atoms with Gasteiger partial charge in [0, 0.05) is 24.1 Å². The average Bonchev–Trinajstić information content (AvgIpc) is 2.52. The first-order chi connectivity index (χ1) is 10.3. The molecule has 1 heterocycles. The van der Waals surface area contributed by atoms with E-state index in [4.69, 9.17) is 9.72 Å². The van der Waals surface area contributed by atoms with Gasteiger partial charge in [0.15, 0.2) is 0 Å². The standard InChI is InChI=1S/C18H26N2O/c1-3-5-8-12-21-14-16-13-15-9-6-7-10-17(15)20-18(16)19-11-4-2/h6-7,9-10,13H,3-5,8,11-12,14H2,1-2H3,(H,19,20). The predicted molar refractivity (Wildman–Crippen MR) is 89.7 cm³/mol. The Labute approximate surface area is 127 Å². The molecule has 0 bridgehead atoms. The Balaban J connectivity index is 2.10. The van der Waals surface area contributed by atoms with Gasteiger partial charge in [-0.15, -0.1) is 0 Å². The van der Waals surface area contributed by atoms with Gasteiger partial charge in [0.05, 0.1) is 12.1 Å². The van der Waals surface area contributed by atoms with Crippen LogP contribution < -0.4 is 5.32 Å². The van der Waals surface area contributed by atoms with Crippen molar-refractivity contribution in [2.75, 3.05) is 18.5 Å². The van der Waals surface area contributed by atoms with Crippen LogP contribution in [0.2, 0.25) is 0 Å². The average molecular weight is 286 g/mol. The van der Waals surface area contributed by atoms with Gasteiger partial charge < -0.3 is 10.1 Å². The van der Waals surface area contributed by atoms with Crippen molar-refractivity contribution in [3.05, 3.63) is 35.9 Å². The zero-order valence-corrected chi connectivity index (χ0v) is 13.2. The van der Waals surface area contributed by atoms with E-state index in [1.807, 2.05) is 6.07 Å². The predicted octanol–water partition coefficient (Wildman–Crippen LogP) is 4.76. The summed E-state index contributed by atoms with van der Waals surface area (Å²) in [6.45, 7) is 6.77. The van der Waals surface area contributed by atoms with Crippen molar-refractivity contribution in [1.29, 1.82) is 0 Å². The van der Waals surface area contributed by atoms with Crippen molar-refractivity contribution >= 4 is 16.7 Å². The quantitative estimate of drug-likeness (QED) is 0.675. The molecule has 0 saturated carbocycles. The first kappa shape index (κ1) is 15.8. The molecule has 21 heavy (non-hydrogen) atoms. The molecule has 1 aromatic carbocycles. The third kappa shape index (κ3) is 4.71. The van der Waals surface area contributed by atoms with Crippen molar-refractivity contribution < 1.29 is 4.74 Å². The van der Waals surface area contributed by atoms with Crippen LogP contribution >= 0.6 is 0 Å². The van der Waals surface area contributed by atoms with Crippen molar-refractivity contribution in [3.63, 3.8) is 0 Å². The number of ether oxygens (including phenoxy) is 1. The number of fused-ring (bicyclic) bond motifs is 1. The summed E-state index contributed by atoms with van der Waals surface area (Å²) in [7, 11) is 0. The Morgan fingerprint density at radius 2 is 1.95 bits per heavy atom. The first-order valence-electron chi connectivity index (χ1n) is 8.05. The summed E-state index contributed by atoms with van der Waals surface area (Å²) in [6, 6.07) is 10.4. The highest BCUT2D eigenvalue weighted by molar-refractivity contribution is 5.81. The van der Waals surface area contributed by atoms with Gasteiger partial charge in [-0.05, 0) is 25.0 Å². The van der Waals surface area contributed by atoms with Crippen LogP contribution in [0.4, 0.5) is 5.82 Å². The Hall–Kier alpha value is -1.61. The molecule has 0 amide bonds. The number of hydrogen-bond donors (Lipinski definition) is 1. The molecule has 2 aromatic rings. The van der Waals surface area contributed by atoms with Crippen LogP contribution in [0.5, 0.6) is 0 Å². The first-order valence-corrected chi connectivity index (χ1v) is 8.05. The number of rotatable bonds is 9. The zero-order valence-electron chi connectivity index (χ0n) is 13.2. The van der Waals surface area contributed by atoms with Gasteiger partial charge in [-0.25, -0.2) is 4.98 Å². The lowest BCUT2D eigenvalue weighted by Gasteiger charge is -2.12. The lowest BCUT2D eigenvalue weighted by Crippen LogP contribution is -2.07. The van der Waals surface area contributed by atoms with E-state index in [1.165, 1.54) is 18.2 Å². The summed E-state index contributed by atoms with van der Waals surface area (Å²) >= 11 is 0. The van der Waals surface area contributed by atoms with Crippen LogP contribution in [0.15, 0.2) is 30.3 Å². The number of hydrogen-bond acceptors (Lipinski definition) is 3. The molecule has 3 nitrogen and oxygen atoms in total. The number of para-hydroxylation sites is 1. The van der Waals surface area contributed by atoms with Crippen molar-refractivity contribution in [1.82, 2.24) is 4.98 Å². The lowest BCUT2D eigenvalue weighted by atomic mass is 10.1. The molecular formula is C18H26N2O. The molecule has 0 atom stereocenters. The molecule has 3 heteroatoms. The monoisotopic (exact) mass is 286 g/mol. The minimum atomic E-state index is 0.633. The Kier molecular flexibility index (Phi) is 6.48. The largest absolute Gasteiger partial charge is 0.377 e. The van der Waals surface area contributed by atoms with Crippen molar-refractivity contribution in [2.45, 2.75) is 46.1 Å². The molecule has 114 valence electrons. The highest BCUT2D eigenvalue weighted by Crippen LogP contribution is 2.21. The maximum absolute atomic E-state index is 5.81. The van der Waals surface area contributed by atoms with Crippen LogP contribution in [0, 0.1) is 0 Å². The van der Waals surface area contributed by atoms with Crippen molar-refractivity contribution in [2.24, 2.45) is 0 Å².